The Hall–Kier alpha value is -3.77. The number of carbonyl (C=O) groups is 2. The van der Waals surface area contributed by atoms with E-state index in [1.807, 2.05) is 6.07 Å². The van der Waals surface area contributed by atoms with E-state index in [1.54, 1.807) is 54.5 Å². The lowest BCUT2D eigenvalue weighted by Gasteiger charge is -2.26. The summed E-state index contributed by atoms with van der Waals surface area (Å²) >= 11 is 1.35. The molecule has 4 heterocycles. The topological polar surface area (TPSA) is 99.4 Å². The number of rotatable bonds is 5. The fourth-order valence-electron chi connectivity index (χ4n) is 3.52. The van der Waals surface area contributed by atoms with Crippen molar-refractivity contribution in [3.8, 4) is 6.07 Å². The molecule has 0 N–H and O–H groups in total. The Kier molecular flexibility index (Phi) is 6.42. The zero-order chi connectivity index (χ0) is 22.5. The van der Waals surface area contributed by atoms with E-state index in [0.717, 1.165) is 10.4 Å². The van der Waals surface area contributed by atoms with Crippen LogP contribution in [0.25, 0.3) is 0 Å². The van der Waals surface area contributed by atoms with E-state index in [2.05, 4.69) is 16.0 Å². The molecule has 8 nitrogen and oxygen atoms in total. The monoisotopic (exact) mass is 447 g/mol. The van der Waals surface area contributed by atoms with Crippen molar-refractivity contribution in [2.75, 3.05) is 11.4 Å². The second-order valence-corrected chi connectivity index (χ2v) is 8.20. The van der Waals surface area contributed by atoms with Crippen LogP contribution in [0.4, 0.5) is 15.6 Å². The number of carbonyl (C=O) groups excluding carboxylic acids is 2. The number of aromatic nitrogens is 2. The first-order valence-electron chi connectivity index (χ1n) is 10.2. The Balaban J connectivity index is 1.58. The maximum atomic E-state index is 12.8. The first-order chi connectivity index (χ1) is 15.6. The molecule has 0 aliphatic carbocycles. The summed E-state index contributed by atoms with van der Waals surface area (Å²) in [5.74, 6) is 0.325. The van der Waals surface area contributed by atoms with Crippen LogP contribution in [-0.2, 0) is 29.1 Å². The zero-order valence-corrected chi connectivity index (χ0v) is 18.3. The first-order valence-corrected chi connectivity index (χ1v) is 11.0. The Labute approximate surface area is 189 Å². The molecule has 0 fully saturated rings. The van der Waals surface area contributed by atoms with Crippen molar-refractivity contribution in [2.24, 2.45) is 0 Å². The summed E-state index contributed by atoms with van der Waals surface area (Å²) < 4.78 is 5.41. The Bertz CT molecular complexity index is 1160. The Morgan fingerprint density at radius 3 is 2.66 bits per heavy atom. The molecule has 4 rings (SSSR count). The second kappa shape index (κ2) is 9.58. The Morgan fingerprint density at radius 2 is 2.00 bits per heavy atom. The van der Waals surface area contributed by atoms with E-state index < -0.39 is 6.09 Å². The average molecular weight is 448 g/mol. The molecule has 2 amide bonds. The molecule has 0 spiro atoms. The number of anilines is 2. The normalized spacial score (nSPS) is 12.6. The zero-order valence-electron chi connectivity index (χ0n) is 17.5. The summed E-state index contributed by atoms with van der Waals surface area (Å²) in [6.45, 7) is 2.63. The highest BCUT2D eigenvalue weighted by atomic mass is 32.1. The quantitative estimate of drug-likeness (QED) is 0.582. The lowest BCUT2D eigenvalue weighted by molar-refractivity contribution is -0.117. The molecule has 3 aromatic rings. The van der Waals surface area contributed by atoms with Gasteiger partial charge < -0.3 is 9.64 Å². The molecule has 1 aliphatic heterocycles. The number of thiophene rings is 1. The van der Waals surface area contributed by atoms with Crippen LogP contribution in [0.5, 0.6) is 0 Å². The molecule has 0 radical (unpaired) electrons. The van der Waals surface area contributed by atoms with E-state index in [4.69, 9.17) is 4.74 Å². The summed E-state index contributed by atoms with van der Waals surface area (Å²) in [4.78, 5) is 37.8. The van der Waals surface area contributed by atoms with Crippen molar-refractivity contribution in [1.82, 2.24) is 14.9 Å². The van der Waals surface area contributed by atoms with Crippen LogP contribution in [0, 0.1) is 11.3 Å². The third-order valence-corrected chi connectivity index (χ3v) is 6.31. The van der Waals surface area contributed by atoms with Crippen LogP contribution >= 0.6 is 11.3 Å². The van der Waals surface area contributed by atoms with Crippen LogP contribution in [0.3, 0.4) is 0 Å². The van der Waals surface area contributed by atoms with Gasteiger partial charge in [0.1, 0.15) is 23.5 Å². The van der Waals surface area contributed by atoms with Crippen molar-refractivity contribution in [1.29, 1.82) is 5.26 Å². The van der Waals surface area contributed by atoms with Crippen molar-refractivity contribution in [3.05, 3.63) is 70.5 Å². The van der Waals surface area contributed by atoms with Gasteiger partial charge in [-0.25, -0.2) is 9.78 Å². The molecule has 0 unspecified atom stereocenters. The molecule has 0 saturated carbocycles. The van der Waals surface area contributed by atoms with E-state index in [0.29, 0.717) is 41.6 Å². The van der Waals surface area contributed by atoms with Gasteiger partial charge >= 0.3 is 6.09 Å². The molecule has 0 bridgehead atoms. The minimum atomic E-state index is -0.430. The molecule has 162 valence electrons. The lowest BCUT2D eigenvalue weighted by atomic mass is 10.0. The van der Waals surface area contributed by atoms with Crippen molar-refractivity contribution < 1.29 is 14.3 Å². The average Bonchev–Trinajstić information content (AvgIpc) is 3.21. The third-order valence-electron chi connectivity index (χ3n) is 5.11. The maximum Gasteiger partial charge on any atom is 0.410 e. The van der Waals surface area contributed by atoms with E-state index in [-0.39, 0.29) is 18.9 Å². The largest absolute Gasteiger partial charge is 0.443 e. The second-order valence-electron chi connectivity index (χ2n) is 7.11. The number of ether oxygens (including phenoxy) is 1. The highest BCUT2D eigenvalue weighted by Gasteiger charge is 2.31. The highest BCUT2D eigenvalue weighted by Crippen LogP contribution is 2.41. The SMILES string of the molecule is CCC(=O)N(c1ccccn1)c1sc2c(c1C#N)CCN(C(=O)OCc1ccccn1)C2. The van der Waals surface area contributed by atoms with Gasteiger partial charge in [0.25, 0.3) is 0 Å². The summed E-state index contributed by atoms with van der Waals surface area (Å²) in [6, 6.07) is 13.0. The number of amides is 2. The Morgan fingerprint density at radius 1 is 1.22 bits per heavy atom. The standard InChI is InChI=1S/C23H21N5O3S/c1-2-21(29)28(20-8-4-6-11-26-20)22-18(13-24)17-9-12-27(14-19(17)32-22)23(30)31-15-16-7-3-5-10-25-16/h3-8,10-11H,2,9,12,14-15H2,1H3. The fraction of sp³-hybridized carbons (Fsp3) is 0.261. The van der Waals surface area contributed by atoms with Crippen molar-refractivity contribution >= 4 is 34.2 Å². The molecule has 32 heavy (non-hydrogen) atoms. The predicted molar refractivity (Wildman–Crippen MR) is 119 cm³/mol. The predicted octanol–water partition coefficient (Wildman–Crippen LogP) is 4.18. The highest BCUT2D eigenvalue weighted by molar-refractivity contribution is 7.16. The van der Waals surface area contributed by atoms with Gasteiger partial charge in [-0.15, -0.1) is 11.3 Å². The number of fused-ring (bicyclic) bond motifs is 1. The number of nitrogens with zero attached hydrogens (tertiary/aromatic N) is 5. The molecule has 0 saturated heterocycles. The molecule has 1 aliphatic rings. The van der Waals surface area contributed by atoms with E-state index in [9.17, 15) is 14.9 Å². The molecule has 9 heteroatoms. The van der Waals surface area contributed by atoms with Gasteiger partial charge in [-0.3, -0.25) is 14.7 Å². The van der Waals surface area contributed by atoms with Gasteiger partial charge in [0.05, 0.1) is 17.8 Å². The van der Waals surface area contributed by atoms with Gasteiger partial charge in [0.2, 0.25) is 5.91 Å². The van der Waals surface area contributed by atoms with Gasteiger partial charge in [-0.2, -0.15) is 5.26 Å². The summed E-state index contributed by atoms with van der Waals surface area (Å²) in [7, 11) is 0. The summed E-state index contributed by atoms with van der Waals surface area (Å²) in [5, 5.41) is 10.4. The molecular weight excluding hydrogens is 426 g/mol. The van der Waals surface area contributed by atoms with Gasteiger partial charge in [-0.1, -0.05) is 19.1 Å². The number of hydrogen-bond acceptors (Lipinski definition) is 7. The number of hydrogen-bond donors (Lipinski definition) is 0. The van der Waals surface area contributed by atoms with Crippen LogP contribution in [0.2, 0.25) is 0 Å². The van der Waals surface area contributed by atoms with Crippen LogP contribution in [0.15, 0.2) is 48.8 Å². The molecule has 0 aromatic carbocycles. The molecule has 3 aromatic heterocycles. The molecular formula is C23H21N5O3S. The van der Waals surface area contributed by atoms with Gasteiger partial charge in [-0.05, 0) is 36.2 Å². The van der Waals surface area contributed by atoms with Crippen LogP contribution < -0.4 is 4.90 Å². The number of nitriles is 1. The van der Waals surface area contributed by atoms with Crippen molar-refractivity contribution in [2.45, 2.75) is 32.9 Å². The minimum absolute atomic E-state index is 0.0978. The van der Waals surface area contributed by atoms with E-state index in [1.165, 1.54) is 16.2 Å². The molecule has 0 atom stereocenters. The first kappa shape index (κ1) is 21.5. The van der Waals surface area contributed by atoms with E-state index >= 15 is 0 Å². The van der Waals surface area contributed by atoms with Gasteiger partial charge in [0.15, 0.2) is 0 Å². The van der Waals surface area contributed by atoms with Crippen molar-refractivity contribution in [3.63, 3.8) is 0 Å². The third kappa shape index (κ3) is 4.31. The maximum absolute atomic E-state index is 12.8. The smallest absolute Gasteiger partial charge is 0.410 e. The summed E-state index contributed by atoms with van der Waals surface area (Å²) in [5.41, 5.74) is 2.03. The summed E-state index contributed by atoms with van der Waals surface area (Å²) in [6.07, 6.45) is 3.63. The van der Waals surface area contributed by atoms with Crippen LogP contribution in [0.1, 0.15) is 35.0 Å². The number of pyridine rings is 2. The fourth-order valence-corrected chi connectivity index (χ4v) is 4.86. The minimum Gasteiger partial charge on any atom is -0.443 e. The van der Waals surface area contributed by atoms with Crippen LogP contribution in [-0.4, -0.2) is 33.4 Å². The van der Waals surface area contributed by atoms with Gasteiger partial charge in [0, 0.05) is 30.2 Å². The lowest BCUT2D eigenvalue weighted by Crippen LogP contribution is -2.35.